The number of likely N-dealkylation sites (tertiary alicyclic amines) is 1. The maximum absolute atomic E-state index is 13.5. The third-order valence-corrected chi connectivity index (χ3v) is 7.56. The Morgan fingerprint density at radius 1 is 1.21 bits per heavy atom. The van der Waals surface area contributed by atoms with Crippen LogP contribution in [0.4, 0.5) is 18.0 Å². The molecule has 1 aromatic heterocycles. The zero-order valence-electron chi connectivity index (χ0n) is 22.9. The fourth-order valence-corrected chi connectivity index (χ4v) is 5.99. The van der Waals surface area contributed by atoms with Crippen LogP contribution in [0.1, 0.15) is 63.8 Å². The number of amides is 1. The van der Waals surface area contributed by atoms with E-state index in [1.54, 1.807) is 6.20 Å². The number of carbonyl (C=O) groups is 2. The van der Waals surface area contributed by atoms with Crippen molar-refractivity contribution in [1.29, 1.82) is 0 Å². The first-order valence-electron chi connectivity index (χ1n) is 13.0. The summed E-state index contributed by atoms with van der Waals surface area (Å²) < 4.78 is 52.9. The number of aryl methyl sites for hydroxylation is 1. The van der Waals surface area contributed by atoms with E-state index in [0.717, 1.165) is 17.8 Å². The highest BCUT2D eigenvalue weighted by molar-refractivity contribution is 6.30. The van der Waals surface area contributed by atoms with Gasteiger partial charge in [0.2, 0.25) is 0 Å². The molecule has 8 nitrogen and oxygen atoms in total. The van der Waals surface area contributed by atoms with E-state index in [2.05, 4.69) is 10.00 Å². The van der Waals surface area contributed by atoms with Crippen molar-refractivity contribution in [2.24, 2.45) is 0 Å². The lowest BCUT2D eigenvalue weighted by molar-refractivity contribution is -0.183. The predicted molar refractivity (Wildman–Crippen MR) is 140 cm³/mol. The number of halogens is 4. The molecule has 1 saturated heterocycles. The summed E-state index contributed by atoms with van der Waals surface area (Å²) in [6.45, 7) is 8.67. The van der Waals surface area contributed by atoms with Gasteiger partial charge in [-0.25, -0.2) is 4.79 Å². The van der Waals surface area contributed by atoms with E-state index in [1.165, 1.54) is 18.1 Å². The fraction of sp³-hybridized carbons (Fsp3) is 0.593. The van der Waals surface area contributed by atoms with Crippen molar-refractivity contribution in [2.75, 3.05) is 7.11 Å². The summed E-state index contributed by atoms with van der Waals surface area (Å²) in [6, 6.07) is 4.59. The van der Waals surface area contributed by atoms with Crippen LogP contribution in [0.5, 0.6) is 0 Å². The van der Waals surface area contributed by atoms with Gasteiger partial charge in [0.05, 0.1) is 12.7 Å². The molecule has 1 aliphatic heterocycles. The van der Waals surface area contributed by atoms with E-state index in [-0.39, 0.29) is 35.3 Å². The van der Waals surface area contributed by atoms with Crippen molar-refractivity contribution in [1.82, 2.24) is 19.6 Å². The van der Waals surface area contributed by atoms with E-state index in [4.69, 9.17) is 21.1 Å². The first-order chi connectivity index (χ1) is 18.3. The number of benzene rings is 1. The van der Waals surface area contributed by atoms with Crippen LogP contribution in [0.25, 0.3) is 0 Å². The number of methoxy groups -OCH3 is 1. The molecule has 39 heavy (non-hydrogen) atoms. The number of carbonyl (C=O) groups excluding carboxylic acids is 2. The fourth-order valence-electron chi connectivity index (χ4n) is 5.73. The SMILES string of the molecule is CCC1CC(N(Cc2cc(Cl)cc(C(F)(F)F)c2)C(=O)OC)CC(Cc2ccnn2CC)N1C(C)(C)OC=O. The summed E-state index contributed by atoms with van der Waals surface area (Å²) in [6.07, 6.45) is -1.26. The second-order valence-electron chi connectivity index (χ2n) is 10.2. The number of alkyl halides is 3. The van der Waals surface area contributed by atoms with Crippen LogP contribution < -0.4 is 0 Å². The average Bonchev–Trinajstić information content (AvgIpc) is 3.32. The topological polar surface area (TPSA) is 76.9 Å². The van der Waals surface area contributed by atoms with E-state index < -0.39 is 23.6 Å². The van der Waals surface area contributed by atoms with Crippen LogP contribution in [0, 0.1) is 0 Å². The Balaban J connectivity index is 2.01. The predicted octanol–water partition coefficient (Wildman–Crippen LogP) is 5.91. The molecule has 2 aromatic rings. The molecular weight excluding hydrogens is 537 g/mol. The van der Waals surface area contributed by atoms with Gasteiger partial charge in [0.1, 0.15) is 0 Å². The molecule has 0 aliphatic carbocycles. The molecule has 0 spiro atoms. The Labute approximate surface area is 232 Å². The number of nitrogens with zero attached hydrogens (tertiary/aromatic N) is 4. The standard InChI is InChI=1S/C27H36ClF3N4O4/c1-6-21-13-23(33(25(37)38-5)16-18-10-19(27(29,30)31)12-20(28)11-18)15-24(35(21)26(3,4)39-17-36)14-22-8-9-32-34(22)7-2/h8-12,17,21,23-24H,6-7,13-16H2,1-5H3. The number of ether oxygens (including phenoxy) is 2. The van der Waals surface area contributed by atoms with E-state index in [9.17, 15) is 22.8 Å². The van der Waals surface area contributed by atoms with Gasteiger partial charge in [-0.15, -0.1) is 0 Å². The molecule has 1 aromatic carbocycles. The summed E-state index contributed by atoms with van der Waals surface area (Å²) in [7, 11) is 1.25. The van der Waals surface area contributed by atoms with Gasteiger partial charge in [-0.3, -0.25) is 14.4 Å². The monoisotopic (exact) mass is 572 g/mol. The van der Waals surface area contributed by atoms with Gasteiger partial charge in [0, 0.05) is 54.5 Å². The van der Waals surface area contributed by atoms with Crippen LogP contribution in [-0.4, -0.2) is 63.1 Å². The molecule has 1 aliphatic rings. The Kier molecular flexibility index (Phi) is 9.93. The summed E-state index contributed by atoms with van der Waals surface area (Å²) in [5.41, 5.74) is -0.575. The minimum atomic E-state index is -4.58. The Hall–Kier alpha value is -2.79. The van der Waals surface area contributed by atoms with Gasteiger partial charge in [-0.2, -0.15) is 18.3 Å². The summed E-state index contributed by atoms with van der Waals surface area (Å²) in [5, 5.41) is 4.31. The van der Waals surface area contributed by atoms with Gasteiger partial charge in [0.15, 0.2) is 5.72 Å². The first-order valence-corrected chi connectivity index (χ1v) is 13.3. The third-order valence-electron chi connectivity index (χ3n) is 7.34. The number of hydrogen-bond acceptors (Lipinski definition) is 6. The quantitative estimate of drug-likeness (QED) is 0.330. The number of aromatic nitrogens is 2. The van der Waals surface area contributed by atoms with Gasteiger partial charge in [0.25, 0.3) is 6.47 Å². The van der Waals surface area contributed by atoms with Gasteiger partial charge >= 0.3 is 12.3 Å². The molecule has 12 heteroatoms. The molecule has 0 N–H and O–H groups in total. The molecular formula is C27H36ClF3N4O4. The van der Waals surface area contributed by atoms with Crippen LogP contribution in [0.15, 0.2) is 30.5 Å². The minimum absolute atomic E-state index is 0.0654. The van der Waals surface area contributed by atoms with Gasteiger partial charge < -0.3 is 14.4 Å². The molecule has 3 unspecified atom stereocenters. The molecule has 216 valence electrons. The summed E-state index contributed by atoms with van der Waals surface area (Å²) in [4.78, 5) is 28.1. The second kappa shape index (κ2) is 12.6. The molecule has 3 atom stereocenters. The molecule has 3 rings (SSSR count). The van der Waals surface area contributed by atoms with Crippen molar-refractivity contribution in [3.63, 3.8) is 0 Å². The van der Waals surface area contributed by atoms with E-state index >= 15 is 0 Å². The van der Waals surface area contributed by atoms with Crippen LogP contribution in [0.3, 0.4) is 0 Å². The lowest BCUT2D eigenvalue weighted by atomic mass is 9.84. The van der Waals surface area contributed by atoms with Crippen molar-refractivity contribution >= 4 is 24.2 Å². The number of rotatable bonds is 10. The van der Waals surface area contributed by atoms with Crippen LogP contribution in [0.2, 0.25) is 5.02 Å². The lowest BCUT2D eigenvalue weighted by Gasteiger charge is -2.53. The average molecular weight is 573 g/mol. The van der Waals surface area contributed by atoms with Crippen molar-refractivity contribution in [3.05, 3.63) is 52.3 Å². The molecule has 0 saturated carbocycles. The zero-order valence-corrected chi connectivity index (χ0v) is 23.6. The number of hydrogen-bond donors (Lipinski definition) is 0. The normalized spacial score (nSPS) is 20.5. The number of piperidine rings is 1. The minimum Gasteiger partial charge on any atom is -0.453 e. The van der Waals surface area contributed by atoms with E-state index in [1.807, 2.05) is 38.4 Å². The molecule has 0 radical (unpaired) electrons. The Morgan fingerprint density at radius 2 is 1.90 bits per heavy atom. The highest BCUT2D eigenvalue weighted by Gasteiger charge is 2.46. The summed E-state index contributed by atoms with van der Waals surface area (Å²) in [5.74, 6) is 0. The smallest absolute Gasteiger partial charge is 0.416 e. The molecule has 1 fully saturated rings. The van der Waals surface area contributed by atoms with Gasteiger partial charge in [-0.1, -0.05) is 18.5 Å². The van der Waals surface area contributed by atoms with Crippen LogP contribution >= 0.6 is 11.6 Å². The zero-order chi connectivity index (χ0) is 29.0. The first kappa shape index (κ1) is 30.7. The largest absolute Gasteiger partial charge is 0.453 e. The molecule has 2 heterocycles. The Bertz CT molecular complexity index is 1140. The highest BCUT2D eigenvalue weighted by Crippen LogP contribution is 2.38. The maximum atomic E-state index is 13.5. The van der Waals surface area contributed by atoms with E-state index in [0.29, 0.717) is 38.7 Å². The lowest BCUT2D eigenvalue weighted by Crippen LogP contribution is -2.63. The maximum Gasteiger partial charge on any atom is 0.416 e. The Morgan fingerprint density at radius 3 is 2.49 bits per heavy atom. The van der Waals surface area contributed by atoms with Crippen molar-refractivity contribution in [3.8, 4) is 0 Å². The second-order valence-corrected chi connectivity index (χ2v) is 10.6. The summed E-state index contributed by atoms with van der Waals surface area (Å²) >= 11 is 6.02. The highest BCUT2D eigenvalue weighted by atomic mass is 35.5. The third kappa shape index (κ3) is 7.25. The van der Waals surface area contributed by atoms with Crippen molar-refractivity contribution in [2.45, 2.75) is 96.5 Å². The van der Waals surface area contributed by atoms with Crippen LogP contribution in [-0.2, 0) is 40.0 Å². The van der Waals surface area contributed by atoms with Gasteiger partial charge in [-0.05, 0) is 69.9 Å². The molecule has 1 amide bonds. The molecule has 0 bridgehead atoms. The van der Waals surface area contributed by atoms with Crippen molar-refractivity contribution < 1.29 is 32.2 Å².